The maximum atomic E-state index is 3.25. The highest BCUT2D eigenvalue weighted by molar-refractivity contribution is 4.92. The largest absolute Gasteiger partial charge is 0.320 e. The Morgan fingerprint density at radius 2 is 2.17 bits per heavy atom. The molecule has 2 fully saturated rings. The number of hydrogen-bond acceptors (Lipinski definition) is 2. The average molecular weight is 168 g/mol. The van der Waals surface area contributed by atoms with Crippen molar-refractivity contribution in [2.75, 3.05) is 20.1 Å². The van der Waals surface area contributed by atoms with E-state index in [0.717, 1.165) is 12.1 Å². The molecule has 0 aromatic rings. The highest BCUT2D eigenvalue weighted by Crippen LogP contribution is 2.34. The van der Waals surface area contributed by atoms with E-state index in [2.05, 4.69) is 17.3 Å². The van der Waals surface area contributed by atoms with Gasteiger partial charge in [-0.05, 0) is 52.2 Å². The van der Waals surface area contributed by atoms with Crippen LogP contribution >= 0.6 is 0 Å². The molecule has 1 saturated heterocycles. The third-order valence-corrected chi connectivity index (χ3v) is 3.17. The lowest BCUT2D eigenvalue weighted by atomic mass is 10.1. The molecule has 1 aliphatic heterocycles. The van der Waals surface area contributed by atoms with Crippen molar-refractivity contribution in [2.45, 2.75) is 44.2 Å². The molecule has 12 heavy (non-hydrogen) atoms. The molecule has 1 aliphatic carbocycles. The van der Waals surface area contributed by atoms with E-state index in [9.17, 15) is 0 Å². The van der Waals surface area contributed by atoms with Gasteiger partial charge in [-0.25, -0.2) is 0 Å². The van der Waals surface area contributed by atoms with Crippen LogP contribution in [-0.4, -0.2) is 37.1 Å². The normalized spacial score (nSPS) is 31.2. The Bertz CT molecular complexity index is 143. The summed E-state index contributed by atoms with van der Waals surface area (Å²) in [5, 5.41) is 3.25. The van der Waals surface area contributed by atoms with E-state index < -0.39 is 0 Å². The molecular weight excluding hydrogens is 148 g/mol. The van der Waals surface area contributed by atoms with Crippen molar-refractivity contribution in [2.24, 2.45) is 0 Å². The van der Waals surface area contributed by atoms with Crippen molar-refractivity contribution in [1.82, 2.24) is 10.2 Å². The van der Waals surface area contributed by atoms with Gasteiger partial charge in [-0.3, -0.25) is 4.90 Å². The molecule has 0 radical (unpaired) electrons. The summed E-state index contributed by atoms with van der Waals surface area (Å²) in [6.07, 6.45) is 7.17. The van der Waals surface area contributed by atoms with E-state index in [-0.39, 0.29) is 0 Å². The number of hydrogen-bond donors (Lipinski definition) is 1. The molecule has 0 amide bonds. The SMILES string of the molecule is CNCCC1CCCN1C1CC1. The standard InChI is InChI=1S/C10H20N2/c1-11-7-6-9-3-2-8-12(9)10-4-5-10/h9-11H,2-8H2,1H3. The van der Waals surface area contributed by atoms with Gasteiger partial charge in [0.25, 0.3) is 0 Å². The van der Waals surface area contributed by atoms with Gasteiger partial charge >= 0.3 is 0 Å². The molecule has 1 saturated carbocycles. The maximum absolute atomic E-state index is 3.25. The third-order valence-electron chi connectivity index (χ3n) is 3.17. The molecule has 0 aromatic carbocycles. The fourth-order valence-corrected chi connectivity index (χ4v) is 2.37. The van der Waals surface area contributed by atoms with E-state index >= 15 is 0 Å². The predicted octanol–water partition coefficient (Wildman–Crippen LogP) is 1.22. The lowest BCUT2D eigenvalue weighted by molar-refractivity contribution is 0.232. The minimum Gasteiger partial charge on any atom is -0.320 e. The molecule has 2 nitrogen and oxygen atoms in total. The smallest absolute Gasteiger partial charge is 0.0111 e. The van der Waals surface area contributed by atoms with Gasteiger partial charge < -0.3 is 5.32 Å². The van der Waals surface area contributed by atoms with Gasteiger partial charge in [0.05, 0.1) is 0 Å². The van der Waals surface area contributed by atoms with Crippen LogP contribution in [0.4, 0.5) is 0 Å². The first-order valence-electron chi connectivity index (χ1n) is 5.32. The summed E-state index contributed by atoms with van der Waals surface area (Å²) in [5.41, 5.74) is 0. The number of rotatable bonds is 4. The highest BCUT2D eigenvalue weighted by atomic mass is 15.2. The molecule has 2 heteroatoms. The van der Waals surface area contributed by atoms with Crippen LogP contribution < -0.4 is 5.32 Å². The maximum Gasteiger partial charge on any atom is 0.0111 e. The molecule has 1 heterocycles. The van der Waals surface area contributed by atoms with Gasteiger partial charge in [0.1, 0.15) is 0 Å². The summed E-state index contributed by atoms with van der Waals surface area (Å²) in [6.45, 7) is 2.56. The summed E-state index contributed by atoms with van der Waals surface area (Å²) >= 11 is 0. The zero-order chi connectivity index (χ0) is 8.39. The van der Waals surface area contributed by atoms with Gasteiger partial charge in [0.2, 0.25) is 0 Å². The van der Waals surface area contributed by atoms with E-state index in [1.807, 2.05) is 0 Å². The Kier molecular flexibility index (Phi) is 2.66. The van der Waals surface area contributed by atoms with Crippen molar-refractivity contribution in [3.63, 3.8) is 0 Å². The zero-order valence-corrected chi connectivity index (χ0v) is 8.05. The Balaban J connectivity index is 1.78. The fraction of sp³-hybridized carbons (Fsp3) is 1.00. The van der Waals surface area contributed by atoms with Gasteiger partial charge in [-0.2, -0.15) is 0 Å². The van der Waals surface area contributed by atoms with Gasteiger partial charge in [-0.15, -0.1) is 0 Å². The fourth-order valence-electron chi connectivity index (χ4n) is 2.37. The molecule has 0 bridgehead atoms. The molecule has 2 aliphatic rings. The third kappa shape index (κ3) is 1.80. The van der Waals surface area contributed by atoms with Gasteiger partial charge in [0.15, 0.2) is 0 Å². The number of nitrogens with zero attached hydrogens (tertiary/aromatic N) is 1. The first-order chi connectivity index (χ1) is 5.92. The molecular formula is C10H20N2. The summed E-state index contributed by atoms with van der Waals surface area (Å²) in [7, 11) is 2.05. The second-order valence-electron chi connectivity index (χ2n) is 4.16. The van der Waals surface area contributed by atoms with E-state index in [1.54, 1.807) is 0 Å². The monoisotopic (exact) mass is 168 g/mol. The Labute approximate surface area is 75.3 Å². The van der Waals surface area contributed by atoms with Gasteiger partial charge in [-0.1, -0.05) is 0 Å². The van der Waals surface area contributed by atoms with Crippen LogP contribution in [0.25, 0.3) is 0 Å². The van der Waals surface area contributed by atoms with E-state index in [0.29, 0.717) is 0 Å². The van der Waals surface area contributed by atoms with Crippen LogP contribution in [0.15, 0.2) is 0 Å². The summed E-state index contributed by atoms with van der Waals surface area (Å²) < 4.78 is 0. The quantitative estimate of drug-likeness (QED) is 0.679. The van der Waals surface area contributed by atoms with Crippen LogP contribution in [0.1, 0.15) is 32.1 Å². The highest BCUT2D eigenvalue weighted by Gasteiger charge is 2.35. The molecule has 2 rings (SSSR count). The van der Waals surface area contributed by atoms with Crippen molar-refractivity contribution >= 4 is 0 Å². The lowest BCUT2D eigenvalue weighted by Gasteiger charge is -2.23. The Hall–Kier alpha value is -0.0800. The van der Waals surface area contributed by atoms with Crippen LogP contribution in [0.2, 0.25) is 0 Å². The predicted molar refractivity (Wildman–Crippen MR) is 51.3 cm³/mol. The van der Waals surface area contributed by atoms with Crippen molar-refractivity contribution in [3.05, 3.63) is 0 Å². The van der Waals surface area contributed by atoms with Crippen LogP contribution in [0.5, 0.6) is 0 Å². The van der Waals surface area contributed by atoms with Gasteiger partial charge in [0, 0.05) is 12.1 Å². The Morgan fingerprint density at radius 3 is 2.83 bits per heavy atom. The molecule has 70 valence electrons. The van der Waals surface area contributed by atoms with Crippen LogP contribution in [-0.2, 0) is 0 Å². The second-order valence-corrected chi connectivity index (χ2v) is 4.16. The van der Waals surface area contributed by atoms with Crippen molar-refractivity contribution in [3.8, 4) is 0 Å². The number of nitrogens with one attached hydrogen (secondary N) is 1. The molecule has 1 unspecified atom stereocenters. The van der Waals surface area contributed by atoms with E-state index in [1.165, 1.54) is 45.2 Å². The average Bonchev–Trinajstić information content (AvgIpc) is 2.83. The first kappa shape index (κ1) is 8.52. The minimum atomic E-state index is 0.907. The van der Waals surface area contributed by atoms with Crippen LogP contribution in [0, 0.1) is 0 Å². The molecule has 0 spiro atoms. The van der Waals surface area contributed by atoms with E-state index in [4.69, 9.17) is 0 Å². The zero-order valence-electron chi connectivity index (χ0n) is 8.05. The number of likely N-dealkylation sites (tertiary alicyclic amines) is 1. The second kappa shape index (κ2) is 3.75. The minimum absolute atomic E-state index is 0.907. The molecule has 0 aromatic heterocycles. The lowest BCUT2D eigenvalue weighted by Crippen LogP contribution is -2.33. The Morgan fingerprint density at radius 1 is 1.33 bits per heavy atom. The van der Waals surface area contributed by atoms with Crippen molar-refractivity contribution < 1.29 is 0 Å². The molecule has 1 N–H and O–H groups in total. The molecule has 1 atom stereocenters. The topological polar surface area (TPSA) is 15.3 Å². The summed E-state index contributed by atoms with van der Waals surface area (Å²) in [6, 6.07) is 1.89. The summed E-state index contributed by atoms with van der Waals surface area (Å²) in [4.78, 5) is 2.75. The summed E-state index contributed by atoms with van der Waals surface area (Å²) in [5.74, 6) is 0. The first-order valence-corrected chi connectivity index (χ1v) is 5.32. The van der Waals surface area contributed by atoms with Crippen LogP contribution in [0.3, 0.4) is 0 Å². The van der Waals surface area contributed by atoms with Crippen molar-refractivity contribution in [1.29, 1.82) is 0 Å².